The second-order valence-corrected chi connectivity index (χ2v) is 2.49. The van der Waals surface area contributed by atoms with Crippen LogP contribution in [0.3, 0.4) is 0 Å². The first-order valence-corrected chi connectivity index (χ1v) is 3.62. The number of rotatable bonds is 3. The topological polar surface area (TPSA) is 97.0 Å². The van der Waals surface area contributed by atoms with Crippen LogP contribution in [0.2, 0.25) is 0 Å². The molecule has 0 unspecified atom stereocenters. The smallest absolute Gasteiger partial charge is 0.326 e. The largest absolute Gasteiger partial charge is 0.412 e. The maximum Gasteiger partial charge on any atom is 0.326 e. The Morgan fingerprint density at radius 3 is 3.15 bits per heavy atom. The quantitative estimate of drug-likeness (QED) is 0.172. The van der Waals surface area contributed by atoms with Crippen LogP contribution >= 0.6 is 0 Å². The molecule has 1 aliphatic heterocycles. The van der Waals surface area contributed by atoms with Gasteiger partial charge < -0.3 is 15.9 Å². The van der Waals surface area contributed by atoms with Crippen molar-refractivity contribution in [1.82, 2.24) is 10.2 Å². The standard InChI is InChI=1S/C6H10N4O3/c7-9-4-13-6(12)2-10-1-5(11)8-3-10/h4H,1-3,7H2,(H,8,11)/b9-4+. The number of carbonyl (C=O) groups excluding carboxylic acids is 2. The summed E-state index contributed by atoms with van der Waals surface area (Å²) < 4.78 is 4.45. The molecule has 0 aromatic rings. The van der Waals surface area contributed by atoms with E-state index in [9.17, 15) is 9.59 Å². The molecule has 0 aliphatic carbocycles. The number of hydrogen-bond donors (Lipinski definition) is 2. The Labute approximate surface area is 74.5 Å². The summed E-state index contributed by atoms with van der Waals surface area (Å²) in [5.74, 6) is 4.13. The highest BCUT2D eigenvalue weighted by molar-refractivity contribution is 5.83. The van der Waals surface area contributed by atoms with Gasteiger partial charge in [0.1, 0.15) is 0 Å². The minimum atomic E-state index is -0.495. The molecule has 1 amide bonds. The van der Waals surface area contributed by atoms with Crippen LogP contribution in [-0.2, 0) is 14.3 Å². The van der Waals surface area contributed by atoms with Crippen LogP contribution in [0.4, 0.5) is 0 Å². The fraction of sp³-hybridized carbons (Fsp3) is 0.500. The highest BCUT2D eigenvalue weighted by Gasteiger charge is 2.20. The van der Waals surface area contributed by atoms with Crippen molar-refractivity contribution < 1.29 is 14.3 Å². The molecule has 13 heavy (non-hydrogen) atoms. The van der Waals surface area contributed by atoms with Gasteiger partial charge in [-0.05, 0) is 0 Å². The number of hydrazone groups is 1. The lowest BCUT2D eigenvalue weighted by Crippen LogP contribution is -2.29. The van der Waals surface area contributed by atoms with E-state index in [1.165, 1.54) is 0 Å². The zero-order valence-electron chi connectivity index (χ0n) is 6.90. The number of esters is 1. The van der Waals surface area contributed by atoms with E-state index in [1.807, 2.05) is 0 Å². The number of nitrogens with zero attached hydrogens (tertiary/aromatic N) is 2. The number of nitrogens with one attached hydrogen (secondary N) is 1. The fourth-order valence-electron chi connectivity index (χ4n) is 0.936. The van der Waals surface area contributed by atoms with Gasteiger partial charge in [0.05, 0.1) is 19.8 Å². The van der Waals surface area contributed by atoms with E-state index in [0.29, 0.717) is 6.67 Å². The summed E-state index contributed by atoms with van der Waals surface area (Å²) >= 11 is 0. The molecule has 0 spiro atoms. The summed E-state index contributed by atoms with van der Waals surface area (Å²) in [5, 5.41) is 5.55. The first-order valence-electron chi connectivity index (χ1n) is 3.62. The van der Waals surface area contributed by atoms with Crippen molar-refractivity contribution in [3.63, 3.8) is 0 Å². The highest BCUT2D eigenvalue weighted by Crippen LogP contribution is 1.93. The lowest BCUT2D eigenvalue weighted by atomic mass is 10.5. The number of nitrogens with two attached hydrogens (primary N) is 1. The molecule has 0 bridgehead atoms. The zero-order chi connectivity index (χ0) is 9.68. The molecule has 0 saturated carbocycles. The maximum atomic E-state index is 10.9. The van der Waals surface area contributed by atoms with E-state index in [-0.39, 0.29) is 19.0 Å². The Kier molecular flexibility index (Phi) is 3.21. The van der Waals surface area contributed by atoms with Gasteiger partial charge in [0.25, 0.3) is 0 Å². The van der Waals surface area contributed by atoms with Gasteiger partial charge in [-0.2, -0.15) is 5.10 Å². The van der Waals surface area contributed by atoms with E-state index in [1.54, 1.807) is 4.90 Å². The third kappa shape index (κ3) is 3.08. The summed E-state index contributed by atoms with van der Waals surface area (Å²) in [4.78, 5) is 23.2. The van der Waals surface area contributed by atoms with E-state index < -0.39 is 5.97 Å². The van der Waals surface area contributed by atoms with Gasteiger partial charge in [0, 0.05) is 0 Å². The van der Waals surface area contributed by atoms with Gasteiger partial charge in [-0.1, -0.05) is 0 Å². The lowest BCUT2D eigenvalue weighted by Gasteiger charge is -2.08. The third-order valence-electron chi connectivity index (χ3n) is 1.46. The van der Waals surface area contributed by atoms with Crippen LogP contribution < -0.4 is 11.2 Å². The summed E-state index contributed by atoms with van der Waals surface area (Å²) in [6, 6.07) is 0. The first kappa shape index (κ1) is 9.46. The molecule has 1 fully saturated rings. The molecule has 1 saturated heterocycles. The van der Waals surface area contributed by atoms with Gasteiger partial charge in [-0.25, -0.2) is 0 Å². The van der Waals surface area contributed by atoms with Gasteiger partial charge in [-0.3, -0.25) is 14.5 Å². The molecule has 1 aliphatic rings. The van der Waals surface area contributed by atoms with Gasteiger partial charge in [0.15, 0.2) is 0 Å². The van der Waals surface area contributed by atoms with Crippen molar-refractivity contribution in [2.45, 2.75) is 0 Å². The van der Waals surface area contributed by atoms with Gasteiger partial charge in [0.2, 0.25) is 12.3 Å². The van der Waals surface area contributed by atoms with Crippen molar-refractivity contribution in [1.29, 1.82) is 0 Å². The predicted molar refractivity (Wildman–Crippen MR) is 43.4 cm³/mol. The second-order valence-electron chi connectivity index (χ2n) is 2.49. The second kappa shape index (κ2) is 4.41. The Hall–Kier alpha value is -1.63. The molecular formula is C6H10N4O3. The Bertz CT molecular complexity index is 240. The summed E-state index contributed by atoms with van der Waals surface area (Å²) in [6.45, 7) is 0.632. The van der Waals surface area contributed by atoms with Crippen LogP contribution in [0, 0.1) is 0 Å². The molecule has 7 heteroatoms. The van der Waals surface area contributed by atoms with E-state index in [4.69, 9.17) is 5.84 Å². The molecule has 72 valence electrons. The average Bonchev–Trinajstić information content (AvgIpc) is 2.48. The SMILES string of the molecule is N/N=C/OC(=O)CN1CNC(=O)C1. The fourth-order valence-corrected chi connectivity index (χ4v) is 0.936. The van der Waals surface area contributed by atoms with Crippen molar-refractivity contribution in [2.24, 2.45) is 10.9 Å². The summed E-state index contributed by atoms with van der Waals surface area (Å²) in [7, 11) is 0. The van der Waals surface area contributed by atoms with Crippen LogP contribution in [0.5, 0.6) is 0 Å². The Morgan fingerprint density at radius 2 is 2.62 bits per heavy atom. The van der Waals surface area contributed by atoms with Crippen LogP contribution in [-0.4, -0.2) is 42.9 Å². The minimum absolute atomic E-state index is 0.0464. The molecular weight excluding hydrogens is 176 g/mol. The normalized spacial score (nSPS) is 17.7. The number of carbonyl (C=O) groups is 2. The van der Waals surface area contributed by atoms with Crippen molar-refractivity contribution in [3.8, 4) is 0 Å². The van der Waals surface area contributed by atoms with Gasteiger partial charge >= 0.3 is 5.97 Å². The van der Waals surface area contributed by atoms with E-state index >= 15 is 0 Å². The Balaban J connectivity index is 2.24. The predicted octanol–water partition coefficient (Wildman–Crippen LogP) is -2.18. The van der Waals surface area contributed by atoms with Gasteiger partial charge in [-0.15, -0.1) is 0 Å². The van der Waals surface area contributed by atoms with E-state index in [0.717, 1.165) is 6.40 Å². The van der Waals surface area contributed by atoms with Crippen molar-refractivity contribution in [3.05, 3.63) is 0 Å². The molecule has 7 nitrogen and oxygen atoms in total. The summed E-state index contributed by atoms with van der Waals surface area (Å²) in [6.07, 6.45) is 0.855. The maximum absolute atomic E-state index is 10.9. The lowest BCUT2D eigenvalue weighted by molar-refractivity contribution is -0.136. The summed E-state index contributed by atoms with van der Waals surface area (Å²) in [5.41, 5.74) is 0. The number of ether oxygens (including phenoxy) is 1. The highest BCUT2D eigenvalue weighted by atomic mass is 16.5. The zero-order valence-corrected chi connectivity index (χ0v) is 6.90. The molecule has 0 aromatic carbocycles. The van der Waals surface area contributed by atoms with Crippen LogP contribution in [0.1, 0.15) is 0 Å². The van der Waals surface area contributed by atoms with Crippen molar-refractivity contribution in [2.75, 3.05) is 19.8 Å². The van der Waals surface area contributed by atoms with E-state index in [2.05, 4.69) is 15.2 Å². The third-order valence-corrected chi connectivity index (χ3v) is 1.46. The number of amides is 1. The van der Waals surface area contributed by atoms with Crippen molar-refractivity contribution >= 4 is 18.3 Å². The first-order chi connectivity index (χ1) is 6.22. The molecule has 0 atom stereocenters. The van der Waals surface area contributed by atoms with Crippen LogP contribution in [0.25, 0.3) is 0 Å². The minimum Gasteiger partial charge on any atom is -0.412 e. The average molecular weight is 186 g/mol. The molecule has 1 heterocycles. The molecule has 3 N–H and O–H groups in total. The monoisotopic (exact) mass is 186 g/mol. The number of hydrogen-bond acceptors (Lipinski definition) is 6. The van der Waals surface area contributed by atoms with Crippen LogP contribution in [0.15, 0.2) is 5.10 Å². The molecule has 0 aromatic heterocycles. The molecule has 1 rings (SSSR count). The Morgan fingerprint density at radius 1 is 1.85 bits per heavy atom. The molecule has 0 radical (unpaired) electrons.